The van der Waals surface area contributed by atoms with Gasteiger partial charge in [0.15, 0.2) is 15.2 Å². The summed E-state index contributed by atoms with van der Waals surface area (Å²) in [6.45, 7) is 9.00. The van der Waals surface area contributed by atoms with Crippen molar-refractivity contribution in [3.63, 3.8) is 0 Å². The molecule has 0 saturated heterocycles. The molecule has 4 heteroatoms. The first-order valence-corrected chi connectivity index (χ1v) is 9.01. The minimum atomic E-state index is -0.829. The minimum absolute atomic E-state index is 0.232. The summed E-state index contributed by atoms with van der Waals surface area (Å²) in [5.74, 6) is -1.85. The number of hydrogen-bond acceptors (Lipinski definition) is 0. The molecule has 0 saturated carbocycles. The average Bonchev–Trinajstić information content (AvgIpc) is 2.47. The topological polar surface area (TPSA) is 0 Å². The van der Waals surface area contributed by atoms with Crippen molar-refractivity contribution in [2.45, 2.75) is 27.2 Å². The van der Waals surface area contributed by atoms with E-state index in [4.69, 9.17) is 0 Å². The Morgan fingerprint density at radius 2 is 1.73 bits per heavy atom. The van der Waals surface area contributed by atoms with Crippen molar-refractivity contribution < 1.29 is 34.4 Å². The third-order valence-electron chi connectivity index (χ3n) is 3.58. The lowest BCUT2D eigenvalue weighted by Gasteiger charge is -2.08. The smallest absolute Gasteiger partial charge is 0.207 e. The zero-order valence-electron chi connectivity index (χ0n) is 12.7. The SMILES string of the molecule is C=CCc1c(F)cc(C)c([I+]c2ccc(F)c(F)c2C)c1C. The van der Waals surface area contributed by atoms with Crippen LogP contribution < -0.4 is 21.2 Å². The summed E-state index contributed by atoms with van der Waals surface area (Å²) in [6, 6.07) is 4.32. The standard InChI is InChI=1S/C18H17F3I/c1-5-6-13-11(3)18(10(2)9-15(13)20)22-16-8-7-14(19)17(21)12(16)4/h5,7-9H,1,6H2,2-4H3/q+1. The average molecular weight is 417 g/mol. The van der Waals surface area contributed by atoms with Crippen molar-refractivity contribution in [3.05, 3.63) is 77.7 Å². The fourth-order valence-corrected chi connectivity index (χ4v) is 5.21. The van der Waals surface area contributed by atoms with E-state index in [0.29, 0.717) is 17.5 Å². The highest BCUT2D eigenvalue weighted by Crippen LogP contribution is 2.17. The number of allylic oxidation sites excluding steroid dienone is 1. The van der Waals surface area contributed by atoms with Crippen LogP contribution in [0.4, 0.5) is 13.2 Å². The van der Waals surface area contributed by atoms with Crippen LogP contribution in [0.15, 0.2) is 30.9 Å². The first-order valence-electron chi connectivity index (χ1n) is 6.85. The lowest BCUT2D eigenvalue weighted by atomic mass is 10.0. The van der Waals surface area contributed by atoms with Crippen LogP contribution in [-0.2, 0) is 6.42 Å². The highest BCUT2D eigenvalue weighted by molar-refractivity contribution is 5.33. The van der Waals surface area contributed by atoms with Gasteiger partial charge < -0.3 is 0 Å². The van der Waals surface area contributed by atoms with E-state index < -0.39 is 32.8 Å². The van der Waals surface area contributed by atoms with Crippen molar-refractivity contribution in [1.82, 2.24) is 0 Å². The molecule has 22 heavy (non-hydrogen) atoms. The van der Waals surface area contributed by atoms with Gasteiger partial charge in [0.1, 0.15) is 5.82 Å². The molecule has 0 atom stereocenters. The van der Waals surface area contributed by atoms with Crippen molar-refractivity contribution in [2.75, 3.05) is 0 Å². The van der Waals surface area contributed by atoms with Crippen LogP contribution in [0, 0.1) is 45.4 Å². The van der Waals surface area contributed by atoms with E-state index in [9.17, 15) is 13.2 Å². The maximum Gasteiger partial charge on any atom is 0.358 e. The van der Waals surface area contributed by atoms with Gasteiger partial charge in [-0.05, 0) is 51.0 Å². The van der Waals surface area contributed by atoms with Crippen LogP contribution in [0.5, 0.6) is 0 Å². The summed E-state index contributed by atoms with van der Waals surface area (Å²) in [5.41, 5.74) is 2.74. The first kappa shape index (κ1) is 17.1. The second-order valence-corrected chi connectivity index (χ2v) is 7.93. The van der Waals surface area contributed by atoms with E-state index in [1.807, 2.05) is 13.8 Å². The van der Waals surface area contributed by atoms with Crippen molar-refractivity contribution in [2.24, 2.45) is 0 Å². The lowest BCUT2D eigenvalue weighted by molar-refractivity contribution is -0.599. The maximum absolute atomic E-state index is 14.1. The molecular weight excluding hydrogens is 400 g/mol. The van der Waals surface area contributed by atoms with Crippen molar-refractivity contribution in [3.8, 4) is 0 Å². The van der Waals surface area contributed by atoms with Crippen molar-refractivity contribution in [1.29, 1.82) is 0 Å². The Balaban J connectivity index is 2.52. The number of benzene rings is 2. The third-order valence-corrected chi connectivity index (χ3v) is 7.53. The predicted octanol–water partition coefficient (Wildman–Crippen LogP) is 1.89. The molecule has 0 unspecified atom stereocenters. The highest BCUT2D eigenvalue weighted by atomic mass is 127. The summed E-state index contributed by atoms with van der Waals surface area (Å²) in [5, 5.41) is 0. The molecule has 0 heterocycles. The Bertz CT molecular complexity index is 736. The Morgan fingerprint density at radius 3 is 2.36 bits per heavy atom. The molecule has 0 amide bonds. The van der Waals surface area contributed by atoms with E-state index in [-0.39, 0.29) is 5.82 Å². The molecule has 0 N–H and O–H groups in total. The molecule has 0 aliphatic rings. The maximum atomic E-state index is 14.1. The molecule has 0 radical (unpaired) electrons. The van der Waals surface area contributed by atoms with Crippen LogP contribution in [0.25, 0.3) is 0 Å². The lowest BCUT2D eigenvalue weighted by Crippen LogP contribution is -3.62. The van der Waals surface area contributed by atoms with Gasteiger partial charge in [-0.1, -0.05) is 6.08 Å². The molecule has 0 aliphatic heterocycles. The molecule has 2 aromatic carbocycles. The zero-order chi connectivity index (χ0) is 16.4. The van der Waals surface area contributed by atoms with E-state index in [0.717, 1.165) is 24.3 Å². The van der Waals surface area contributed by atoms with Crippen LogP contribution in [0.3, 0.4) is 0 Å². The Kier molecular flexibility index (Phi) is 5.32. The molecule has 0 spiro atoms. The van der Waals surface area contributed by atoms with Crippen LogP contribution in [-0.4, -0.2) is 0 Å². The van der Waals surface area contributed by atoms with Gasteiger partial charge in [0.2, 0.25) is 3.57 Å². The zero-order valence-corrected chi connectivity index (χ0v) is 14.9. The Labute approximate surface area is 139 Å². The fourth-order valence-electron chi connectivity index (χ4n) is 2.32. The molecule has 2 rings (SSSR count). The van der Waals surface area contributed by atoms with Crippen LogP contribution in [0.2, 0.25) is 0 Å². The third kappa shape index (κ3) is 3.21. The summed E-state index contributed by atoms with van der Waals surface area (Å²) in [6.07, 6.45) is 2.14. The van der Waals surface area contributed by atoms with Gasteiger partial charge in [-0.15, -0.1) is 6.58 Å². The first-order chi connectivity index (χ1) is 10.4. The van der Waals surface area contributed by atoms with Gasteiger partial charge in [-0.2, -0.15) is 0 Å². The molecule has 2 aromatic rings. The quantitative estimate of drug-likeness (QED) is 0.405. The Morgan fingerprint density at radius 1 is 1.05 bits per heavy atom. The van der Waals surface area contributed by atoms with Gasteiger partial charge in [0.25, 0.3) is 0 Å². The fraction of sp³-hybridized carbons (Fsp3) is 0.222. The second-order valence-electron chi connectivity index (χ2n) is 5.15. The second kappa shape index (κ2) is 6.86. The number of aryl methyl sites for hydroxylation is 1. The van der Waals surface area contributed by atoms with Crippen LogP contribution >= 0.6 is 0 Å². The van der Waals surface area contributed by atoms with E-state index in [1.54, 1.807) is 19.1 Å². The largest absolute Gasteiger partial charge is 0.358 e. The number of halogens is 4. The van der Waals surface area contributed by atoms with E-state index in [2.05, 4.69) is 6.58 Å². The molecule has 0 aliphatic carbocycles. The summed E-state index contributed by atoms with van der Waals surface area (Å²) in [4.78, 5) is 0. The summed E-state index contributed by atoms with van der Waals surface area (Å²) < 4.78 is 42.9. The Hall–Kier alpha value is -1.30. The molecular formula is C18H17F3I+. The molecule has 0 aromatic heterocycles. The van der Waals surface area contributed by atoms with Gasteiger partial charge in [-0.25, -0.2) is 13.2 Å². The van der Waals surface area contributed by atoms with Gasteiger partial charge in [0, 0.05) is 16.7 Å². The van der Waals surface area contributed by atoms with Gasteiger partial charge in [0.05, 0.1) is 0 Å². The summed E-state index contributed by atoms with van der Waals surface area (Å²) >= 11 is -0.715. The molecule has 0 bridgehead atoms. The number of hydrogen-bond donors (Lipinski definition) is 0. The predicted molar refractivity (Wildman–Crippen MR) is 78.3 cm³/mol. The molecule has 0 fully saturated rings. The number of rotatable bonds is 4. The minimum Gasteiger partial charge on any atom is -0.207 e. The summed E-state index contributed by atoms with van der Waals surface area (Å²) in [7, 11) is 0. The highest BCUT2D eigenvalue weighted by Gasteiger charge is 2.28. The molecule has 116 valence electrons. The van der Waals surface area contributed by atoms with Gasteiger partial charge >= 0.3 is 21.2 Å². The van der Waals surface area contributed by atoms with E-state index >= 15 is 0 Å². The normalized spacial score (nSPS) is 10.8. The van der Waals surface area contributed by atoms with Crippen LogP contribution in [0.1, 0.15) is 22.3 Å². The molecule has 0 nitrogen and oxygen atoms in total. The monoisotopic (exact) mass is 417 g/mol. The van der Waals surface area contributed by atoms with E-state index in [1.165, 1.54) is 6.07 Å². The van der Waals surface area contributed by atoms with Crippen molar-refractivity contribution >= 4 is 0 Å². The van der Waals surface area contributed by atoms with Gasteiger partial charge in [-0.3, -0.25) is 0 Å².